The first-order valence-corrected chi connectivity index (χ1v) is 6.74. The van der Waals surface area contributed by atoms with E-state index < -0.39 is 5.97 Å². The van der Waals surface area contributed by atoms with E-state index >= 15 is 0 Å². The summed E-state index contributed by atoms with van der Waals surface area (Å²) in [6, 6.07) is 19.9. The Bertz CT molecular complexity index is 500. The Morgan fingerprint density at radius 3 is 1.75 bits per heavy atom. The number of carbonyl (C=O) groups is 1. The van der Waals surface area contributed by atoms with Gasteiger partial charge in [0.1, 0.15) is 0 Å². The zero-order chi connectivity index (χ0) is 14.4. The lowest BCUT2D eigenvalue weighted by atomic mass is 9.79. The molecular formula is C17H19NO2. The molecule has 0 saturated heterocycles. The summed E-state index contributed by atoms with van der Waals surface area (Å²) in [5.74, 6) is -0.909. The minimum atomic E-state index is -0.808. The lowest BCUT2D eigenvalue weighted by molar-refractivity contribution is -0.138. The molecule has 2 aromatic rings. The van der Waals surface area contributed by atoms with Gasteiger partial charge in [0, 0.05) is 5.92 Å². The second-order valence-electron chi connectivity index (χ2n) is 4.89. The second-order valence-corrected chi connectivity index (χ2v) is 4.89. The molecule has 0 spiro atoms. The Labute approximate surface area is 119 Å². The van der Waals surface area contributed by atoms with Crippen molar-refractivity contribution in [3.05, 3.63) is 71.8 Å². The molecule has 1 unspecified atom stereocenters. The maximum Gasteiger partial charge on any atom is 0.303 e. The van der Waals surface area contributed by atoms with Gasteiger partial charge in [-0.3, -0.25) is 4.79 Å². The van der Waals surface area contributed by atoms with Gasteiger partial charge in [-0.25, -0.2) is 0 Å². The number of carboxylic acids is 1. The number of nitrogens with two attached hydrogens (primary N) is 1. The summed E-state index contributed by atoms with van der Waals surface area (Å²) in [6.45, 7) is 0.348. The first kappa shape index (κ1) is 14.3. The summed E-state index contributed by atoms with van der Waals surface area (Å²) < 4.78 is 0. The van der Waals surface area contributed by atoms with Crippen LogP contribution < -0.4 is 5.73 Å². The molecule has 0 saturated carbocycles. The molecule has 0 fully saturated rings. The number of benzene rings is 2. The monoisotopic (exact) mass is 269 g/mol. The summed E-state index contributed by atoms with van der Waals surface area (Å²) >= 11 is 0. The number of hydrogen-bond donors (Lipinski definition) is 2. The fourth-order valence-electron chi connectivity index (χ4n) is 2.62. The highest BCUT2D eigenvalue weighted by molar-refractivity contribution is 5.67. The third-order valence-electron chi connectivity index (χ3n) is 3.53. The largest absolute Gasteiger partial charge is 0.481 e. The van der Waals surface area contributed by atoms with E-state index in [9.17, 15) is 4.79 Å². The van der Waals surface area contributed by atoms with Crippen LogP contribution >= 0.6 is 0 Å². The number of aliphatic carboxylic acids is 1. The van der Waals surface area contributed by atoms with Crippen molar-refractivity contribution in [1.29, 1.82) is 0 Å². The molecule has 0 heterocycles. The van der Waals surface area contributed by atoms with Crippen LogP contribution in [-0.4, -0.2) is 17.6 Å². The van der Waals surface area contributed by atoms with Gasteiger partial charge in [0.2, 0.25) is 0 Å². The highest BCUT2D eigenvalue weighted by Gasteiger charge is 2.25. The molecule has 0 aliphatic heterocycles. The van der Waals surface area contributed by atoms with Gasteiger partial charge >= 0.3 is 5.97 Å². The van der Waals surface area contributed by atoms with Crippen molar-refractivity contribution in [2.24, 2.45) is 11.7 Å². The van der Waals surface area contributed by atoms with Crippen LogP contribution in [-0.2, 0) is 4.79 Å². The van der Waals surface area contributed by atoms with Crippen molar-refractivity contribution >= 4 is 5.97 Å². The topological polar surface area (TPSA) is 63.3 Å². The molecule has 1 atom stereocenters. The molecule has 104 valence electrons. The van der Waals surface area contributed by atoms with E-state index in [-0.39, 0.29) is 18.3 Å². The summed E-state index contributed by atoms with van der Waals surface area (Å²) in [5, 5.41) is 9.10. The van der Waals surface area contributed by atoms with Gasteiger partial charge in [-0.15, -0.1) is 0 Å². The van der Waals surface area contributed by atoms with Crippen molar-refractivity contribution in [3.63, 3.8) is 0 Å². The fourth-order valence-corrected chi connectivity index (χ4v) is 2.62. The van der Waals surface area contributed by atoms with Crippen molar-refractivity contribution in [3.8, 4) is 0 Å². The van der Waals surface area contributed by atoms with Crippen LogP contribution in [0.5, 0.6) is 0 Å². The van der Waals surface area contributed by atoms with E-state index in [0.29, 0.717) is 6.54 Å². The molecular weight excluding hydrogens is 250 g/mol. The third-order valence-corrected chi connectivity index (χ3v) is 3.53. The average Bonchev–Trinajstić information content (AvgIpc) is 2.48. The minimum Gasteiger partial charge on any atom is -0.481 e. The lowest BCUT2D eigenvalue weighted by Gasteiger charge is -2.26. The zero-order valence-corrected chi connectivity index (χ0v) is 11.3. The normalized spacial score (nSPS) is 12.3. The van der Waals surface area contributed by atoms with Gasteiger partial charge in [0.05, 0.1) is 6.42 Å². The van der Waals surface area contributed by atoms with Crippen LogP contribution in [0, 0.1) is 5.92 Å². The van der Waals surface area contributed by atoms with Crippen molar-refractivity contribution in [1.82, 2.24) is 0 Å². The molecule has 20 heavy (non-hydrogen) atoms. The standard InChI is InChI=1S/C17H19NO2/c18-12-15(11-16(19)20)17(13-7-3-1-4-8-13)14-9-5-2-6-10-14/h1-10,15,17H,11-12,18H2,(H,19,20). The molecule has 3 heteroatoms. The lowest BCUT2D eigenvalue weighted by Crippen LogP contribution is -2.25. The second kappa shape index (κ2) is 6.87. The SMILES string of the molecule is NCC(CC(=O)O)C(c1ccccc1)c1ccccc1. The molecule has 0 aromatic heterocycles. The highest BCUT2D eigenvalue weighted by Crippen LogP contribution is 2.33. The Hall–Kier alpha value is -2.13. The Morgan fingerprint density at radius 2 is 1.40 bits per heavy atom. The molecule has 3 N–H and O–H groups in total. The summed E-state index contributed by atoms with van der Waals surface area (Å²) in [6.07, 6.45) is 0.0744. The highest BCUT2D eigenvalue weighted by atomic mass is 16.4. The molecule has 0 bridgehead atoms. The Morgan fingerprint density at radius 1 is 0.950 bits per heavy atom. The number of hydrogen-bond acceptors (Lipinski definition) is 2. The summed E-state index contributed by atoms with van der Waals surface area (Å²) in [5.41, 5.74) is 8.05. The number of rotatable bonds is 6. The summed E-state index contributed by atoms with van der Waals surface area (Å²) in [7, 11) is 0. The molecule has 0 amide bonds. The first-order chi connectivity index (χ1) is 9.72. The van der Waals surface area contributed by atoms with Crippen LogP contribution in [0.1, 0.15) is 23.5 Å². The molecule has 0 aliphatic carbocycles. The van der Waals surface area contributed by atoms with E-state index in [1.165, 1.54) is 0 Å². The molecule has 3 nitrogen and oxygen atoms in total. The predicted octanol–water partition coefficient (Wildman–Crippen LogP) is 2.87. The maximum atomic E-state index is 11.1. The van der Waals surface area contributed by atoms with Crippen LogP contribution in [0.25, 0.3) is 0 Å². The van der Waals surface area contributed by atoms with Crippen LogP contribution in [0.2, 0.25) is 0 Å². The zero-order valence-electron chi connectivity index (χ0n) is 11.3. The van der Waals surface area contributed by atoms with Crippen molar-refractivity contribution in [2.75, 3.05) is 6.54 Å². The maximum absolute atomic E-state index is 11.1. The Balaban J connectivity index is 2.41. The van der Waals surface area contributed by atoms with E-state index in [1.54, 1.807) is 0 Å². The van der Waals surface area contributed by atoms with E-state index in [0.717, 1.165) is 11.1 Å². The van der Waals surface area contributed by atoms with Gasteiger partial charge in [0.25, 0.3) is 0 Å². The molecule has 2 rings (SSSR count). The van der Waals surface area contributed by atoms with E-state index in [4.69, 9.17) is 10.8 Å². The van der Waals surface area contributed by atoms with Crippen LogP contribution in [0.3, 0.4) is 0 Å². The number of carboxylic acid groups (broad SMARTS) is 1. The van der Waals surface area contributed by atoms with Crippen molar-refractivity contribution < 1.29 is 9.90 Å². The summed E-state index contributed by atoms with van der Waals surface area (Å²) in [4.78, 5) is 11.1. The first-order valence-electron chi connectivity index (χ1n) is 6.74. The molecule has 0 radical (unpaired) electrons. The quantitative estimate of drug-likeness (QED) is 0.847. The fraction of sp³-hybridized carbons (Fsp3) is 0.235. The Kier molecular flexibility index (Phi) is 4.91. The van der Waals surface area contributed by atoms with Gasteiger partial charge in [0.15, 0.2) is 0 Å². The van der Waals surface area contributed by atoms with E-state index in [1.807, 2.05) is 60.7 Å². The van der Waals surface area contributed by atoms with Crippen LogP contribution in [0.15, 0.2) is 60.7 Å². The van der Waals surface area contributed by atoms with Gasteiger partial charge in [-0.1, -0.05) is 60.7 Å². The molecule has 2 aromatic carbocycles. The molecule has 0 aliphatic rings. The van der Waals surface area contributed by atoms with Crippen LogP contribution in [0.4, 0.5) is 0 Å². The average molecular weight is 269 g/mol. The van der Waals surface area contributed by atoms with Gasteiger partial charge in [-0.05, 0) is 23.6 Å². The third kappa shape index (κ3) is 3.45. The predicted molar refractivity (Wildman–Crippen MR) is 79.5 cm³/mol. The minimum absolute atomic E-state index is 0.0125. The van der Waals surface area contributed by atoms with E-state index in [2.05, 4.69) is 0 Å². The van der Waals surface area contributed by atoms with Crippen molar-refractivity contribution in [2.45, 2.75) is 12.3 Å². The van der Waals surface area contributed by atoms with Gasteiger partial charge in [-0.2, -0.15) is 0 Å². The van der Waals surface area contributed by atoms with Gasteiger partial charge < -0.3 is 10.8 Å². The smallest absolute Gasteiger partial charge is 0.303 e.